The van der Waals surface area contributed by atoms with E-state index in [-0.39, 0.29) is 6.10 Å². The van der Waals surface area contributed by atoms with Gasteiger partial charge < -0.3 is 5.11 Å². The highest BCUT2D eigenvalue weighted by molar-refractivity contribution is 7.10. The number of unbranched alkanes of at least 4 members (excludes halogenated alkanes) is 7. The van der Waals surface area contributed by atoms with Crippen LogP contribution in [0.15, 0.2) is 11.4 Å². The van der Waals surface area contributed by atoms with Crippen LogP contribution in [0.5, 0.6) is 0 Å². The van der Waals surface area contributed by atoms with Gasteiger partial charge in [-0.1, -0.05) is 69.9 Å². The lowest BCUT2D eigenvalue weighted by molar-refractivity contribution is 0.167. The van der Waals surface area contributed by atoms with Gasteiger partial charge in [-0.2, -0.15) is 0 Å². The second-order valence-electron chi connectivity index (χ2n) is 4.91. The van der Waals surface area contributed by atoms with Crippen LogP contribution in [0, 0.1) is 0 Å². The lowest BCUT2D eigenvalue weighted by Gasteiger charge is -2.09. The molecule has 0 radical (unpaired) electrons. The van der Waals surface area contributed by atoms with Gasteiger partial charge in [0.25, 0.3) is 0 Å². The van der Waals surface area contributed by atoms with Gasteiger partial charge in [0.2, 0.25) is 0 Å². The third-order valence-corrected chi connectivity index (χ3v) is 4.74. The molecule has 0 fully saturated rings. The summed E-state index contributed by atoms with van der Waals surface area (Å²) in [5.41, 5.74) is 0. The third kappa shape index (κ3) is 6.21. The van der Waals surface area contributed by atoms with Crippen molar-refractivity contribution in [1.29, 1.82) is 0 Å². The molecule has 1 unspecified atom stereocenters. The van der Waals surface area contributed by atoms with E-state index in [9.17, 15) is 5.11 Å². The van der Waals surface area contributed by atoms with Gasteiger partial charge in [0.1, 0.15) is 0 Å². The molecule has 1 heterocycles. The first kappa shape index (κ1) is 16.0. The van der Waals surface area contributed by atoms with Crippen LogP contribution in [0.4, 0.5) is 0 Å². The highest BCUT2D eigenvalue weighted by atomic mass is 35.5. The van der Waals surface area contributed by atoms with Crippen LogP contribution in [0.25, 0.3) is 0 Å². The molecule has 0 aliphatic carbocycles. The fourth-order valence-electron chi connectivity index (χ4n) is 2.15. The second kappa shape index (κ2) is 9.82. The Kier molecular flexibility index (Phi) is 8.74. The zero-order valence-electron chi connectivity index (χ0n) is 11.3. The zero-order valence-corrected chi connectivity index (χ0v) is 12.9. The Morgan fingerprint density at radius 2 is 1.72 bits per heavy atom. The summed E-state index contributed by atoms with van der Waals surface area (Å²) in [6, 6.07) is 1.86. The van der Waals surface area contributed by atoms with Crippen LogP contribution in [-0.2, 0) is 0 Å². The van der Waals surface area contributed by atoms with Crippen LogP contribution in [0.2, 0.25) is 5.02 Å². The smallest absolute Gasteiger partial charge is 0.0896 e. The summed E-state index contributed by atoms with van der Waals surface area (Å²) in [6.45, 7) is 2.25. The number of aliphatic hydroxyl groups excluding tert-OH is 1. The number of thiophene rings is 1. The van der Waals surface area contributed by atoms with Crippen molar-refractivity contribution >= 4 is 22.9 Å². The molecule has 0 saturated carbocycles. The summed E-state index contributed by atoms with van der Waals surface area (Å²) in [5.74, 6) is 0. The fourth-order valence-corrected chi connectivity index (χ4v) is 3.35. The van der Waals surface area contributed by atoms with Gasteiger partial charge in [-0.15, -0.1) is 11.3 Å². The van der Waals surface area contributed by atoms with Crippen LogP contribution in [0.1, 0.15) is 75.7 Å². The van der Waals surface area contributed by atoms with Crippen molar-refractivity contribution in [1.82, 2.24) is 0 Å². The summed E-state index contributed by atoms with van der Waals surface area (Å²) >= 11 is 7.55. The Morgan fingerprint density at radius 1 is 1.11 bits per heavy atom. The SMILES string of the molecule is CCCCCCCCCCC(O)c1sccc1Cl. The van der Waals surface area contributed by atoms with Gasteiger partial charge in [0, 0.05) is 0 Å². The van der Waals surface area contributed by atoms with Crippen molar-refractivity contribution in [3.8, 4) is 0 Å². The van der Waals surface area contributed by atoms with Crippen molar-refractivity contribution < 1.29 is 5.11 Å². The quantitative estimate of drug-likeness (QED) is 0.526. The molecule has 0 aliphatic rings. The predicted molar refractivity (Wildman–Crippen MR) is 81.5 cm³/mol. The maximum atomic E-state index is 9.99. The van der Waals surface area contributed by atoms with Gasteiger partial charge in [-0.05, 0) is 17.9 Å². The molecule has 0 aliphatic heterocycles. The second-order valence-corrected chi connectivity index (χ2v) is 6.27. The van der Waals surface area contributed by atoms with Gasteiger partial charge in [0.15, 0.2) is 0 Å². The molecule has 1 N–H and O–H groups in total. The Bertz CT molecular complexity index is 311. The molecular weight excluding hydrogens is 264 g/mol. The maximum Gasteiger partial charge on any atom is 0.0896 e. The summed E-state index contributed by atoms with van der Waals surface area (Å²) < 4.78 is 0. The number of hydrogen-bond acceptors (Lipinski definition) is 2. The number of hydrogen-bond donors (Lipinski definition) is 1. The molecule has 1 nitrogen and oxygen atoms in total. The van der Waals surface area contributed by atoms with Crippen molar-refractivity contribution in [3.63, 3.8) is 0 Å². The normalized spacial score (nSPS) is 12.8. The minimum absolute atomic E-state index is 0.363. The van der Waals surface area contributed by atoms with Gasteiger partial charge in [-0.25, -0.2) is 0 Å². The van der Waals surface area contributed by atoms with Gasteiger partial charge in [-0.3, -0.25) is 0 Å². The first-order valence-corrected chi connectivity index (χ1v) is 8.42. The standard InChI is InChI=1S/C15H25ClOS/c1-2-3-4-5-6-7-8-9-10-14(17)15-13(16)11-12-18-15/h11-12,14,17H,2-10H2,1H3. The van der Waals surface area contributed by atoms with Crippen LogP contribution in [-0.4, -0.2) is 5.11 Å². The molecule has 1 aromatic heterocycles. The molecule has 0 aromatic carbocycles. The van der Waals surface area contributed by atoms with Gasteiger partial charge >= 0.3 is 0 Å². The van der Waals surface area contributed by atoms with Crippen molar-refractivity contribution in [2.45, 2.75) is 70.8 Å². The maximum absolute atomic E-state index is 9.99. The van der Waals surface area contributed by atoms with E-state index in [0.29, 0.717) is 5.02 Å². The molecule has 3 heteroatoms. The Balaban J connectivity index is 1.99. The van der Waals surface area contributed by atoms with Gasteiger partial charge in [0.05, 0.1) is 16.0 Å². The van der Waals surface area contributed by atoms with Crippen molar-refractivity contribution in [2.75, 3.05) is 0 Å². The molecule has 104 valence electrons. The highest BCUT2D eigenvalue weighted by Gasteiger charge is 2.12. The molecule has 1 atom stereocenters. The van der Waals surface area contributed by atoms with E-state index < -0.39 is 0 Å². The summed E-state index contributed by atoms with van der Waals surface area (Å²) in [4.78, 5) is 0.930. The summed E-state index contributed by atoms with van der Waals surface area (Å²) in [5, 5.41) is 12.6. The number of rotatable bonds is 10. The Hall–Kier alpha value is -0.0500. The topological polar surface area (TPSA) is 20.2 Å². The molecule has 18 heavy (non-hydrogen) atoms. The molecule has 0 bridgehead atoms. The lowest BCUT2D eigenvalue weighted by atomic mass is 10.1. The Morgan fingerprint density at radius 3 is 2.28 bits per heavy atom. The molecule has 0 amide bonds. The van der Waals surface area contributed by atoms with Crippen LogP contribution < -0.4 is 0 Å². The predicted octanol–water partition coefficient (Wildman–Crippen LogP) is 5.97. The molecule has 1 rings (SSSR count). The zero-order chi connectivity index (χ0) is 13.2. The van der Waals surface area contributed by atoms with Crippen molar-refractivity contribution in [2.24, 2.45) is 0 Å². The number of aliphatic hydroxyl groups is 1. The van der Waals surface area contributed by atoms with E-state index in [1.165, 1.54) is 44.9 Å². The first-order chi connectivity index (χ1) is 8.75. The average Bonchev–Trinajstić information content (AvgIpc) is 2.79. The highest BCUT2D eigenvalue weighted by Crippen LogP contribution is 2.31. The van der Waals surface area contributed by atoms with E-state index in [1.807, 2.05) is 11.4 Å². The minimum Gasteiger partial charge on any atom is -0.388 e. The largest absolute Gasteiger partial charge is 0.388 e. The molecule has 1 aromatic rings. The first-order valence-electron chi connectivity index (χ1n) is 7.16. The molecule has 0 saturated heterocycles. The summed E-state index contributed by atoms with van der Waals surface area (Å²) in [7, 11) is 0. The van der Waals surface area contributed by atoms with Crippen LogP contribution >= 0.6 is 22.9 Å². The summed E-state index contributed by atoms with van der Waals surface area (Å²) in [6.07, 6.45) is 10.9. The number of halogens is 1. The fraction of sp³-hybridized carbons (Fsp3) is 0.733. The van der Waals surface area contributed by atoms with Crippen LogP contribution in [0.3, 0.4) is 0 Å². The monoisotopic (exact) mass is 288 g/mol. The molecule has 0 spiro atoms. The minimum atomic E-state index is -0.363. The Labute approximate surface area is 120 Å². The average molecular weight is 289 g/mol. The van der Waals surface area contributed by atoms with E-state index in [2.05, 4.69) is 6.92 Å². The molecular formula is C15H25ClOS. The van der Waals surface area contributed by atoms with E-state index >= 15 is 0 Å². The third-order valence-electron chi connectivity index (χ3n) is 3.28. The van der Waals surface area contributed by atoms with E-state index in [1.54, 1.807) is 11.3 Å². The lowest BCUT2D eigenvalue weighted by Crippen LogP contribution is -1.95. The van der Waals surface area contributed by atoms with Crippen molar-refractivity contribution in [3.05, 3.63) is 21.3 Å². The van der Waals surface area contributed by atoms with E-state index in [4.69, 9.17) is 11.6 Å². The van der Waals surface area contributed by atoms with E-state index in [0.717, 1.165) is 17.7 Å².